The molecule has 0 amide bonds. The van der Waals surface area contributed by atoms with Crippen LogP contribution in [-0.2, 0) is 10.0 Å². The molecular weight excluding hydrogens is 264 g/mol. The minimum Gasteiger partial charge on any atom is -0.316 e. The van der Waals surface area contributed by atoms with E-state index in [2.05, 4.69) is 26.9 Å². The predicted octanol–water partition coefficient (Wildman–Crippen LogP) is -0.850. The van der Waals surface area contributed by atoms with Gasteiger partial charge in [0, 0.05) is 38.8 Å². The van der Waals surface area contributed by atoms with Crippen LogP contribution in [0.4, 0.5) is 0 Å². The molecule has 1 aliphatic rings. The van der Waals surface area contributed by atoms with Crippen LogP contribution in [0.1, 0.15) is 13.8 Å². The fourth-order valence-corrected chi connectivity index (χ4v) is 3.18. The van der Waals surface area contributed by atoms with Crippen LogP contribution in [0.3, 0.4) is 0 Å². The third kappa shape index (κ3) is 5.35. The minimum absolute atomic E-state index is 0.250. The van der Waals surface area contributed by atoms with E-state index in [9.17, 15) is 8.42 Å². The van der Waals surface area contributed by atoms with Crippen LogP contribution < -0.4 is 10.0 Å². The van der Waals surface area contributed by atoms with E-state index in [1.54, 1.807) is 6.92 Å². The summed E-state index contributed by atoms with van der Waals surface area (Å²) in [7, 11) is 0.891. The predicted molar refractivity (Wildman–Crippen MR) is 78.8 cm³/mol. The van der Waals surface area contributed by atoms with Crippen LogP contribution in [0.15, 0.2) is 0 Å². The van der Waals surface area contributed by atoms with E-state index in [0.29, 0.717) is 13.1 Å². The van der Waals surface area contributed by atoms with Gasteiger partial charge in [-0.15, -0.1) is 0 Å². The highest BCUT2D eigenvalue weighted by Gasteiger charge is 2.26. The first-order valence-electron chi connectivity index (χ1n) is 6.94. The third-order valence-corrected chi connectivity index (χ3v) is 5.51. The molecule has 1 saturated heterocycles. The summed E-state index contributed by atoms with van der Waals surface area (Å²) in [5.41, 5.74) is 0. The van der Waals surface area contributed by atoms with Gasteiger partial charge in [0.25, 0.3) is 0 Å². The summed E-state index contributed by atoms with van der Waals surface area (Å²) in [5, 5.41) is 2.67. The number of nitrogens with one attached hydrogen (secondary N) is 2. The molecule has 114 valence electrons. The van der Waals surface area contributed by atoms with Crippen molar-refractivity contribution in [1.82, 2.24) is 19.8 Å². The Labute approximate surface area is 117 Å². The van der Waals surface area contributed by atoms with Crippen molar-refractivity contribution in [3.8, 4) is 0 Å². The number of rotatable bonds is 7. The molecule has 0 aliphatic carbocycles. The van der Waals surface area contributed by atoms with Crippen molar-refractivity contribution in [3.63, 3.8) is 0 Å². The molecule has 2 unspecified atom stereocenters. The highest BCUT2D eigenvalue weighted by molar-refractivity contribution is 7.90. The number of piperazine rings is 1. The fraction of sp³-hybridized carbons (Fsp3) is 1.00. The van der Waals surface area contributed by atoms with E-state index in [0.717, 1.165) is 26.2 Å². The van der Waals surface area contributed by atoms with Crippen LogP contribution in [0.25, 0.3) is 0 Å². The molecule has 1 aliphatic heterocycles. The number of hydrogen-bond donors (Lipinski definition) is 2. The fourth-order valence-electron chi connectivity index (χ4n) is 2.13. The summed E-state index contributed by atoms with van der Waals surface area (Å²) in [5.74, 6) is 0. The Morgan fingerprint density at radius 3 is 2.63 bits per heavy atom. The Morgan fingerprint density at radius 1 is 1.32 bits per heavy atom. The van der Waals surface area contributed by atoms with Gasteiger partial charge in [0.2, 0.25) is 10.0 Å². The zero-order valence-electron chi connectivity index (χ0n) is 12.5. The lowest BCUT2D eigenvalue weighted by Gasteiger charge is -2.37. The third-order valence-electron chi connectivity index (χ3n) is 3.71. The summed E-state index contributed by atoms with van der Waals surface area (Å²) in [6.07, 6.45) is 0. The molecule has 1 rings (SSSR count). The molecule has 0 spiro atoms. The Kier molecular flexibility index (Phi) is 6.68. The standard InChI is InChI=1S/C12H28N4O2S/c1-5-13-8-11(2)19(17,18)14-9-12-10-15(3)6-7-16(12)4/h11-14H,5-10H2,1-4H3. The van der Waals surface area contributed by atoms with Crippen molar-refractivity contribution in [3.05, 3.63) is 0 Å². The molecule has 6 nitrogen and oxygen atoms in total. The second-order valence-corrected chi connectivity index (χ2v) is 7.59. The van der Waals surface area contributed by atoms with Crippen LogP contribution in [-0.4, -0.2) is 82.9 Å². The smallest absolute Gasteiger partial charge is 0.215 e. The van der Waals surface area contributed by atoms with Gasteiger partial charge in [-0.05, 0) is 27.6 Å². The lowest BCUT2D eigenvalue weighted by atomic mass is 10.2. The van der Waals surface area contributed by atoms with Crippen molar-refractivity contribution in [1.29, 1.82) is 0 Å². The minimum atomic E-state index is -3.23. The van der Waals surface area contributed by atoms with E-state index >= 15 is 0 Å². The van der Waals surface area contributed by atoms with Crippen LogP contribution in [0.2, 0.25) is 0 Å². The van der Waals surface area contributed by atoms with E-state index in [-0.39, 0.29) is 6.04 Å². The molecule has 1 fully saturated rings. The number of nitrogens with zero attached hydrogens (tertiary/aromatic N) is 2. The zero-order chi connectivity index (χ0) is 14.5. The van der Waals surface area contributed by atoms with Gasteiger partial charge in [-0.2, -0.15) is 0 Å². The molecule has 2 atom stereocenters. The molecule has 1 heterocycles. The van der Waals surface area contributed by atoms with Crippen molar-refractivity contribution in [2.75, 3.05) is 53.4 Å². The van der Waals surface area contributed by atoms with Crippen LogP contribution in [0, 0.1) is 0 Å². The molecule has 0 aromatic carbocycles. The monoisotopic (exact) mass is 292 g/mol. The van der Waals surface area contributed by atoms with Gasteiger partial charge < -0.3 is 10.2 Å². The molecule has 7 heteroatoms. The average Bonchev–Trinajstić information content (AvgIpc) is 2.37. The van der Waals surface area contributed by atoms with Crippen LogP contribution in [0.5, 0.6) is 0 Å². The average molecular weight is 292 g/mol. The largest absolute Gasteiger partial charge is 0.316 e. The normalized spacial score (nSPS) is 24.5. The number of sulfonamides is 1. The summed E-state index contributed by atoms with van der Waals surface area (Å²) in [6.45, 7) is 8.40. The highest BCUT2D eigenvalue weighted by Crippen LogP contribution is 2.06. The summed E-state index contributed by atoms with van der Waals surface area (Å²) < 4.78 is 26.9. The SMILES string of the molecule is CCNCC(C)S(=O)(=O)NCC1CN(C)CCN1C. The van der Waals surface area contributed by atoms with Gasteiger partial charge in [-0.1, -0.05) is 6.92 Å². The first-order chi connectivity index (χ1) is 8.86. The number of hydrogen-bond acceptors (Lipinski definition) is 5. The van der Waals surface area contributed by atoms with Gasteiger partial charge in [-0.25, -0.2) is 13.1 Å². The zero-order valence-corrected chi connectivity index (χ0v) is 13.3. The van der Waals surface area contributed by atoms with Crippen molar-refractivity contribution in [2.24, 2.45) is 0 Å². The maximum absolute atomic E-state index is 12.1. The summed E-state index contributed by atoms with van der Waals surface area (Å²) >= 11 is 0. The van der Waals surface area contributed by atoms with E-state index < -0.39 is 15.3 Å². The molecule has 19 heavy (non-hydrogen) atoms. The molecule has 0 bridgehead atoms. The van der Waals surface area contributed by atoms with E-state index in [1.165, 1.54) is 0 Å². The van der Waals surface area contributed by atoms with Crippen molar-refractivity contribution < 1.29 is 8.42 Å². The molecule has 0 aromatic rings. The van der Waals surface area contributed by atoms with Gasteiger partial charge in [0.1, 0.15) is 0 Å². The summed E-state index contributed by atoms with van der Waals surface area (Å²) in [4.78, 5) is 4.46. The lowest BCUT2D eigenvalue weighted by molar-refractivity contribution is 0.117. The first kappa shape index (κ1) is 16.8. The maximum atomic E-state index is 12.1. The Hall–Kier alpha value is -0.210. The summed E-state index contributed by atoms with van der Waals surface area (Å²) in [6, 6.07) is 0.250. The molecule has 0 saturated carbocycles. The maximum Gasteiger partial charge on any atom is 0.215 e. The molecule has 0 radical (unpaired) electrons. The quantitative estimate of drug-likeness (QED) is 0.640. The Morgan fingerprint density at radius 2 is 2.00 bits per heavy atom. The van der Waals surface area contributed by atoms with E-state index in [4.69, 9.17) is 0 Å². The van der Waals surface area contributed by atoms with Crippen molar-refractivity contribution >= 4 is 10.0 Å². The lowest BCUT2D eigenvalue weighted by Crippen LogP contribution is -2.55. The first-order valence-corrected chi connectivity index (χ1v) is 8.49. The van der Waals surface area contributed by atoms with Gasteiger partial charge >= 0.3 is 0 Å². The van der Waals surface area contributed by atoms with Crippen molar-refractivity contribution in [2.45, 2.75) is 25.1 Å². The molecular formula is C12H28N4O2S. The second kappa shape index (κ2) is 7.54. The highest BCUT2D eigenvalue weighted by atomic mass is 32.2. The van der Waals surface area contributed by atoms with Crippen LogP contribution >= 0.6 is 0 Å². The second-order valence-electron chi connectivity index (χ2n) is 5.41. The molecule has 2 N–H and O–H groups in total. The van der Waals surface area contributed by atoms with Gasteiger partial charge in [0.05, 0.1) is 5.25 Å². The van der Waals surface area contributed by atoms with Gasteiger partial charge in [-0.3, -0.25) is 4.90 Å². The van der Waals surface area contributed by atoms with E-state index in [1.807, 2.05) is 14.0 Å². The molecule has 0 aromatic heterocycles. The Bertz CT molecular complexity index is 361. The topological polar surface area (TPSA) is 64.7 Å². The Balaban J connectivity index is 2.45. The van der Waals surface area contributed by atoms with Gasteiger partial charge in [0.15, 0.2) is 0 Å². The number of likely N-dealkylation sites (N-methyl/N-ethyl adjacent to an activating group) is 2.